The lowest BCUT2D eigenvalue weighted by Crippen LogP contribution is -2.15. The largest absolute Gasteiger partial charge is 0.477 e. The van der Waals surface area contributed by atoms with Crippen molar-refractivity contribution in [3.8, 4) is 0 Å². The number of aryl methyl sites for hydroxylation is 1. The maximum absolute atomic E-state index is 11.6. The molecule has 0 aliphatic heterocycles. The van der Waals surface area contributed by atoms with Crippen molar-refractivity contribution in [3.63, 3.8) is 0 Å². The fourth-order valence-electron chi connectivity index (χ4n) is 1.23. The molecule has 72 valence electrons. The van der Waals surface area contributed by atoms with Crippen LogP contribution < -0.4 is 5.43 Å². The number of carboxylic acids is 1. The first-order valence-electron chi connectivity index (χ1n) is 3.82. The fraction of sp³-hybridized carbons (Fsp3) is 0.125. The summed E-state index contributed by atoms with van der Waals surface area (Å²) in [7, 11) is 0. The first-order chi connectivity index (χ1) is 6.61. The minimum atomic E-state index is -1.27. The quantitative estimate of drug-likeness (QED) is 0.689. The Morgan fingerprint density at radius 2 is 2.36 bits per heavy atom. The van der Waals surface area contributed by atoms with Gasteiger partial charge in [0, 0.05) is 6.20 Å². The molecular weight excluding hydrogens is 188 g/mol. The molecule has 0 saturated carbocycles. The van der Waals surface area contributed by atoms with E-state index in [9.17, 15) is 9.59 Å². The third-order valence-corrected chi connectivity index (χ3v) is 1.91. The highest BCUT2D eigenvalue weighted by Gasteiger charge is 2.15. The number of aromatic amines is 1. The summed E-state index contributed by atoms with van der Waals surface area (Å²) in [5, 5.41) is 12.4. The second-order valence-corrected chi connectivity index (χ2v) is 2.81. The van der Waals surface area contributed by atoms with Gasteiger partial charge >= 0.3 is 5.97 Å². The molecule has 2 aromatic rings. The van der Waals surface area contributed by atoms with Gasteiger partial charge in [0.2, 0.25) is 11.1 Å². The first kappa shape index (κ1) is 8.49. The topological polar surface area (TPSA) is 96.2 Å². The highest BCUT2D eigenvalue weighted by atomic mass is 16.5. The molecule has 0 atom stereocenters. The molecule has 0 fully saturated rings. The van der Waals surface area contributed by atoms with E-state index in [1.807, 2.05) is 0 Å². The molecule has 0 bridgehead atoms. The maximum atomic E-state index is 11.6. The van der Waals surface area contributed by atoms with E-state index < -0.39 is 11.4 Å². The van der Waals surface area contributed by atoms with Crippen molar-refractivity contribution < 1.29 is 14.4 Å². The van der Waals surface area contributed by atoms with Gasteiger partial charge in [0.1, 0.15) is 10.9 Å². The molecule has 0 spiro atoms. The minimum Gasteiger partial charge on any atom is -0.477 e. The Morgan fingerprint density at radius 1 is 1.64 bits per heavy atom. The van der Waals surface area contributed by atoms with Crippen LogP contribution in [0.5, 0.6) is 0 Å². The summed E-state index contributed by atoms with van der Waals surface area (Å²) in [5.41, 5.74) is -0.323. The number of carboxylic acid groups (broad SMARTS) is 1. The molecule has 0 saturated heterocycles. The van der Waals surface area contributed by atoms with Crippen LogP contribution in [-0.2, 0) is 0 Å². The molecule has 14 heavy (non-hydrogen) atoms. The second kappa shape index (κ2) is 2.69. The van der Waals surface area contributed by atoms with E-state index in [1.54, 1.807) is 6.92 Å². The molecule has 0 radical (unpaired) electrons. The van der Waals surface area contributed by atoms with Gasteiger partial charge in [-0.15, -0.1) is 0 Å². The Balaban J connectivity index is 2.93. The minimum absolute atomic E-state index is 0.185. The monoisotopic (exact) mass is 194 g/mol. The number of nitrogens with one attached hydrogen (secondary N) is 1. The predicted molar refractivity (Wildman–Crippen MR) is 46.3 cm³/mol. The number of aromatic nitrogens is 2. The average molecular weight is 194 g/mol. The molecule has 2 N–H and O–H groups in total. The molecule has 0 aliphatic carbocycles. The molecule has 2 aromatic heterocycles. The Morgan fingerprint density at radius 3 is 3.00 bits per heavy atom. The van der Waals surface area contributed by atoms with Crippen molar-refractivity contribution in [2.75, 3.05) is 0 Å². The lowest BCUT2D eigenvalue weighted by molar-refractivity contribution is 0.0695. The second-order valence-electron chi connectivity index (χ2n) is 2.81. The molecule has 0 aromatic carbocycles. The average Bonchev–Trinajstić information content (AvgIpc) is 2.48. The van der Waals surface area contributed by atoms with Gasteiger partial charge < -0.3 is 14.6 Å². The number of H-pyrrole nitrogens is 1. The zero-order chi connectivity index (χ0) is 10.3. The smallest absolute Gasteiger partial charge is 0.341 e. The lowest BCUT2D eigenvalue weighted by atomic mass is 10.2. The van der Waals surface area contributed by atoms with Gasteiger partial charge in [0.25, 0.3) is 0 Å². The Hall–Kier alpha value is -2.11. The number of carbonyl (C=O) groups is 1. The number of rotatable bonds is 1. The molecule has 2 rings (SSSR count). The van der Waals surface area contributed by atoms with Crippen LogP contribution in [0.1, 0.15) is 16.1 Å². The van der Waals surface area contributed by atoms with Crippen molar-refractivity contribution in [2.24, 2.45) is 0 Å². The van der Waals surface area contributed by atoms with Gasteiger partial charge in [0.05, 0.1) is 5.69 Å². The van der Waals surface area contributed by atoms with Crippen LogP contribution in [0.2, 0.25) is 0 Å². The fourth-order valence-corrected chi connectivity index (χ4v) is 1.23. The van der Waals surface area contributed by atoms with E-state index in [4.69, 9.17) is 9.63 Å². The Bertz CT molecular complexity index is 566. The van der Waals surface area contributed by atoms with Crippen LogP contribution >= 0.6 is 0 Å². The van der Waals surface area contributed by atoms with Crippen LogP contribution in [0.3, 0.4) is 0 Å². The van der Waals surface area contributed by atoms with Crippen molar-refractivity contribution >= 4 is 17.1 Å². The van der Waals surface area contributed by atoms with Crippen LogP contribution in [0.15, 0.2) is 15.5 Å². The highest BCUT2D eigenvalue weighted by Crippen LogP contribution is 2.11. The molecular formula is C8H6N2O4. The van der Waals surface area contributed by atoms with Crippen LogP contribution in [0.4, 0.5) is 0 Å². The normalized spacial score (nSPS) is 10.6. The number of hydrogen-bond donors (Lipinski definition) is 2. The predicted octanol–water partition coefficient (Wildman–Crippen LogP) is 0.523. The summed E-state index contributed by atoms with van der Waals surface area (Å²) >= 11 is 0. The number of pyridine rings is 1. The maximum Gasteiger partial charge on any atom is 0.341 e. The zero-order valence-corrected chi connectivity index (χ0v) is 7.20. The summed E-state index contributed by atoms with van der Waals surface area (Å²) < 4.78 is 4.77. The number of aromatic carboxylic acids is 1. The van der Waals surface area contributed by atoms with Gasteiger partial charge in [-0.3, -0.25) is 4.79 Å². The van der Waals surface area contributed by atoms with Gasteiger partial charge in [-0.2, -0.15) is 0 Å². The van der Waals surface area contributed by atoms with E-state index in [-0.39, 0.29) is 16.7 Å². The zero-order valence-electron chi connectivity index (χ0n) is 7.20. The van der Waals surface area contributed by atoms with Crippen LogP contribution in [0.25, 0.3) is 11.1 Å². The van der Waals surface area contributed by atoms with E-state index in [0.717, 1.165) is 6.20 Å². The molecule has 0 aliphatic rings. The van der Waals surface area contributed by atoms with E-state index in [1.165, 1.54) is 0 Å². The summed E-state index contributed by atoms with van der Waals surface area (Å²) in [6.07, 6.45) is 1.09. The van der Waals surface area contributed by atoms with Crippen LogP contribution in [-0.4, -0.2) is 21.2 Å². The van der Waals surface area contributed by atoms with Crippen molar-refractivity contribution in [1.82, 2.24) is 10.1 Å². The van der Waals surface area contributed by atoms with Gasteiger partial charge in [-0.1, -0.05) is 5.16 Å². The van der Waals surface area contributed by atoms with Crippen molar-refractivity contribution in [1.29, 1.82) is 0 Å². The highest BCUT2D eigenvalue weighted by molar-refractivity contribution is 5.91. The molecule has 0 unspecified atom stereocenters. The van der Waals surface area contributed by atoms with Gasteiger partial charge in [-0.05, 0) is 6.92 Å². The van der Waals surface area contributed by atoms with E-state index in [0.29, 0.717) is 5.69 Å². The first-order valence-corrected chi connectivity index (χ1v) is 3.82. The van der Waals surface area contributed by atoms with Crippen molar-refractivity contribution in [2.45, 2.75) is 6.92 Å². The Kier molecular flexibility index (Phi) is 1.63. The molecule has 6 heteroatoms. The molecule has 0 amide bonds. The summed E-state index contributed by atoms with van der Waals surface area (Å²) in [6.45, 7) is 1.58. The number of hydrogen-bond acceptors (Lipinski definition) is 4. The van der Waals surface area contributed by atoms with Gasteiger partial charge in [-0.25, -0.2) is 4.79 Å². The third-order valence-electron chi connectivity index (χ3n) is 1.91. The van der Waals surface area contributed by atoms with E-state index in [2.05, 4.69) is 10.1 Å². The SMILES string of the molecule is Cc1noc2[nH]cc(C(=O)O)c(=O)c12. The lowest BCUT2D eigenvalue weighted by Gasteiger charge is -1.92. The standard InChI is InChI=1S/C8H6N2O4/c1-3-5-6(11)4(8(12)13)2-9-7(5)14-10-3/h2H,1H3,(H,9,11)(H,12,13). The van der Waals surface area contributed by atoms with Crippen LogP contribution in [0, 0.1) is 6.92 Å². The summed E-state index contributed by atoms with van der Waals surface area (Å²) in [4.78, 5) is 24.7. The Labute approximate surface area is 77.1 Å². The molecule has 6 nitrogen and oxygen atoms in total. The van der Waals surface area contributed by atoms with Crippen molar-refractivity contribution in [3.05, 3.63) is 27.7 Å². The van der Waals surface area contributed by atoms with E-state index >= 15 is 0 Å². The number of fused-ring (bicyclic) bond motifs is 1. The number of nitrogens with zero attached hydrogens (tertiary/aromatic N) is 1. The third kappa shape index (κ3) is 1.00. The summed E-state index contributed by atoms with van der Waals surface area (Å²) in [6, 6.07) is 0. The molecule has 2 heterocycles. The summed E-state index contributed by atoms with van der Waals surface area (Å²) in [5.74, 6) is -1.27. The van der Waals surface area contributed by atoms with Gasteiger partial charge in [0.15, 0.2) is 0 Å².